The van der Waals surface area contributed by atoms with Crippen LogP contribution in [0, 0.1) is 12.3 Å². The summed E-state index contributed by atoms with van der Waals surface area (Å²) >= 11 is 0. The fourth-order valence-corrected chi connectivity index (χ4v) is 2.93. The molecule has 4 nitrogen and oxygen atoms in total. The van der Waals surface area contributed by atoms with Crippen molar-refractivity contribution < 1.29 is 9.59 Å². The molecule has 1 aliphatic carbocycles. The Morgan fingerprint density at radius 1 is 1.08 bits per heavy atom. The molecule has 1 aliphatic rings. The van der Waals surface area contributed by atoms with Gasteiger partial charge in [-0.15, -0.1) is 0 Å². The minimum absolute atomic E-state index is 0.100. The number of anilines is 1. The maximum Gasteiger partial charge on any atom is 0.240 e. The van der Waals surface area contributed by atoms with Crippen molar-refractivity contribution in [3.63, 3.8) is 0 Å². The van der Waals surface area contributed by atoms with Gasteiger partial charge < -0.3 is 10.2 Å². The predicted octanol–water partition coefficient (Wildman–Crippen LogP) is 3.37. The second kappa shape index (κ2) is 6.48. The predicted molar refractivity (Wildman–Crippen MR) is 94.4 cm³/mol. The van der Waals surface area contributed by atoms with Crippen molar-refractivity contribution in [3.8, 4) is 0 Å². The second-order valence-corrected chi connectivity index (χ2v) is 6.55. The van der Waals surface area contributed by atoms with E-state index in [0.29, 0.717) is 19.4 Å². The zero-order chi connectivity index (χ0) is 17.2. The van der Waals surface area contributed by atoms with Crippen LogP contribution in [0.1, 0.15) is 24.0 Å². The molecule has 24 heavy (non-hydrogen) atoms. The minimum atomic E-state index is -0.896. The van der Waals surface area contributed by atoms with Gasteiger partial charge in [0.05, 0.1) is 0 Å². The molecule has 2 aromatic rings. The van der Waals surface area contributed by atoms with Gasteiger partial charge in [0.1, 0.15) is 5.41 Å². The molecule has 0 aromatic heterocycles. The van der Waals surface area contributed by atoms with E-state index in [4.69, 9.17) is 0 Å². The Labute approximate surface area is 142 Å². The number of rotatable bonds is 5. The van der Waals surface area contributed by atoms with Crippen molar-refractivity contribution in [1.29, 1.82) is 0 Å². The van der Waals surface area contributed by atoms with Crippen LogP contribution in [0.5, 0.6) is 0 Å². The first-order valence-corrected chi connectivity index (χ1v) is 8.19. The van der Waals surface area contributed by atoms with Crippen molar-refractivity contribution in [2.75, 3.05) is 12.4 Å². The topological polar surface area (TPSA) is 49.4 Å². The Morgan fingerprint density at radius 3 is 2.42 bits per heavy atom. The zero-order valence-electron chi connectivity index (χ0n) is 14.1. The van der Waals surface area contributed by atoms with Gasteiger partial charge in [-0.05, 0) is 43.0 Å². The molecule has 2 amide bonds. The van der Waals surface area contributed by atoms with E-state index in [0.717, 1.165) is 16.8 Å². The van der Waals surface area contributed by atoms with E-state index in [-0.39, 0.29) is 11.8 Å². The summed E-state index contributed by atoms with van der Waals surface area (Å²) in [6, 6.07) is 17.4. The smallest absolute Gasteiger partial charge is 0.240 e. The first kappa shape index (κ1) is 16.2. The Balaban J connectivity index is 1.68. The summed E-state index contributed by atoms with van der Waals surface area (Å²) in [6.45, 7) is 2.49. The van der Waals surface area contributed by atoms with Crippen LogP contribution in [0.3, 0.4) is 0 Å². The van der Waals surface area contributed by atoms with Gasteiger partial charge in [-0.3, -0.25) is 9.59 Å². The molecule has 124 valence electrons. The molecule has 0 aliphatic heterocycles. The summed E-state index contributed by atoms with van der Waals surface area (Å²) < 4.78 is 0. The van der Waals surface area contributed by atoms with Crippen molar-refractivity contribution in [2.24, 2.45) is 5.41 Å². The monoisotopic (exact) mass is 322 g/mol. The lowest BCUT2D eigenvalue weighted by Gasteiger charge is -2.23. The molecule has 0 heterocycles. The standard InChI is InChI=1S/C20H22N2O2/c1-15-7-6-10-17(13-15)21-18(23)20(11-12-20)19(24)22(2)14-16-8-4-3-5-9-16/h3-10,13H,11-12,14H2,1-2H3,(H,21,23). The fourth-order valence-electron chi connectivity index (χ4n) is 2.93. The van der Waals surface area contributed by atoms with Gasteiger partial charge in [-0.25, -0.2) is 0 Å². The molecule has 4 heteroatoms. The highest BCUT2D eigenvalue weighted by molar-refractivity contribution is 6.12. The van der Waals surface area contributed by atoms with Crippen LogP contribution in [-0.4, -0.2) is 23.8 Å². The van der Waals surface area contributed by atoms with Gasteiger partial charge >= 0.3 is 0 Å². The van der Waals surface area contributed by atoms with Crippen LogP contribution in [0.15, 0.2) is 54.6 Å². The number of carbonyl (C=O) groups is 2. The first-order chi connectivity index (χ1) is 11.5. The van der Waals surface area contributed by atoms with Crippen molar-refractivity contribution >= 4 is 17.5 Å². The number of benzene rings is 2. The molecule has 3 rings (SSSR count). The molecular formula is C20H22N2O2. The molecule has 1 saturated carbocycles. The Morgan fingerprint density at radius 2 is 1.79 bits per heavy atom. The summed E-state index contributed by atoms with van der Waals surface area (Å²) in [4.78, 5) is 27.1. The fraction of sp³-hybridized carbons (Fsp3) is 0.300. The Bertz CT molecular complexity index is 751. The number of hydrogen-bond donors (Lipinski definition) is 1. The molecular weight excluding hydrogens is 300 g/mol. The Hall–Kier alpha value is -2.62. The zero-order valence-corrected chi connectivity index (χ0v) is 14.1. The van der Waals surface area contributed by atoms with Crippen LogP contribution in [0.2, 0.25) is 0 Å². The number of carbonyl (C=O) groups excluding carboxylic acids is 2. The quantitative estimate of drug-likeness (QED) is 0.858. The van der Waals surface area contributed by atoms with E-state index in [1.54, 1.807) is 11.9 Å². The first-order valence-electron chi connectivity index (χ1n) is 8.19. The highest BCUT2D eigenvalue weighted by atomic mass is 16.2. The normalized spacial score (nSPS) is 14.8. The Kier molecular flexibility index (Phi) is 4.38. The lowest BCUT2D eigenvalue weighted by Crippen LogP contribution is -2.40. The highest BCUT2D eigenvalue weighted by Gasteiger charge is 2.57. The lowest BCUT2D eigenvalue weighted by molar-refractivity contribution is -0.141. The summed E-state index contributed by atoms with van der Waals surface area (Å²) in [5.74, 6) is -0.297. The van der Waals surface area contributed by atoms with Crippen molar-refractivity contribution in [1.82, 2.24) is 4.90 Å². The minimum Gasteiger partial charge on any atom is -0.340 e. The summed E-state index contributed by atoms with van der Waals surface area (Å²) in [7, 11) is 1.76. The van der Waals surface area contributed by atoms with Crippen molar-refractivity contribution in [2.45, 2.75) is 26.3 Å². The lowest BCUT2D eigenvalue weighted by atomic mass is 10.0. The number of hydrogen-bond acceptors (Lipinski definition) is 2. The average Bonchev–Trinajstić information content (AvgIpc) is 3.37. The molecule has 1 fully saturated rings. The third-order valence-corrected chi connectivity index (χ3v) is 4.48. The number of amides is 2. The number of aryl methyl sites for hydroxylation is 1. The molecule has 0 unspecified atom stereocenters. The van der Waals surface area contributed by atoms with Crippen molar-refractivity contribution in [3.05, 3.63) is 65.7 Å². The van der Waals surface area contributed by atoms with Gasteiger partial charge in [-0.2, -0.15) is 0 Å². The summed E-state index contributed by atoms with van der Waals surface area (Å²) in [6.07, 6.45) is 1.23. The van der Waals surface area contributed by atoms with E-state index in [2.05, 4.69) is 5.32 Å². The van der Waals surface area contributed by atoms with Crippen LogP contribution in [0.4, 0.5) is 5.69 Å². The van der Waals surface area contributed by atoms with E-state index >= 15 is 0 Å². The van der Waals surface area contributed by atoms with Crippen LogP contribution >= 0.6 is 0 Å². The second-order valence-electron chi connectivity index (χ2n) is 6.55. The van der Waals surface area contributed by atoms with Gasteiger partial charge in [0, 0.05) is 19.3 Å². The molecule has 1 N–H and O–H groups in total. The summed E-state index contributed by atoms with van der Waals surface area (Å²) in [5, 5.41) is 2.90. The van der Waals surface area contributed by atoms with Crippen LogP contribution < -0.4 is 5.32 Å². The largest absolute Gasteiger partial charge is 0.340 e. The van der Waals surface area contributed by atoms with Gasteiger partial charge in [0.15, 0.2) is 0 Å². The van der Waals surface area contributed by atoms with E-state index in [1.807, 2.05) is 61.5 Å². The van der Waals surface area contributed by atoms with E-state index in [9.17, 15) is 9.59 Å². The number of nitrogens with one attached hydrogen (secondary N) is 1. The van der Waals surface area contributed by atoms with Gasteiger partial charge in [0.25, 0.3) is 0 Å². The highest BCUT2D eigenvalue weighted by Crippen LogP contribution is 2.48. The molecule has 0 saturated heterocycles. The third-order valence-electron chi connectivity index (χ3n) is 4.48. The number of nitrogens with zero attached hydrogens (tertiary/aromatic N) is 1. The average molecular weight is 322 g/mol. The SMILES string of the molecule is Cc1cccc(NC(=O)C2(C(=O)N(C)Cc3ccccc3)CC2)c1. The maximum atomic E-state index is 12.8. The summed E-state index contributed by atoms with van der Waals surface area (Å²) in [5.41, 5.74) is 1.98. The molecule has 0 radical (unpaired) electrons. The van der Waals surface area contributed by atoms with Gasteiger partial charge in [-0.1, -0.05) is 42.5 Å². The van der Waals surface area contributed by atoms with E-state index in [1.165, 1.54) is 0 Å². The van der Waals surface area contributed by atoms with Crippen LogP contribution in [0.25, 0.3) is 0 Å². The maximum absolute atomic E-state index is 12.8. The molecule has 0 atom stereocenters. The van der Waals surface area contributed by atoms with E-state index < -0.39 is 5.41 Å². The van der Waals surface area contributed by atoms with Crippen LogP contribution in [-0.2, 0) is 16.1 Å². The third kappa shape index (κ3) is 3.32. The molecule has 0 bridgehead atoms. The molecule has 2 aromatic carbocycles. The molecule has 0 spiro atoms. The van der Waals surface area contributed by atoms with Gasteiger partial charge in [0.2, 0.25) is 11.8 Å².